The Morgan fingerprint density at radius 2 is 1.69 bits per heavy atom. The highest BCUT2D eigenvalue weighted by atomic mass is 16.5. The number of carbonyl (C=O) groups is 1. The summed E-state index contributed by atoms with van der Waals surface area (Å²) >= 11 is 0. The number of amides is 1. The van der Waals surface area contributed by atoms with Crippen molar-refractivity contribution >= 4 is 29.2 Å². The molecule has 32 heavy (non-hydrogen) atoms. The van der Waals surface area contributed by atoms with Gasteiger partial charge in [0.05, 0.1) is 16.8 Å². The number of benzene rings is 2. The number of anilines is 1. The Bertz CT molecular complexity index is 1070. The van der Waals surface area contributed by atoms with Gasteiger partial charge in [0.15, 0.2) is 5.90 Å². The molecule has 3 fully saturated rings. The van der Waals surface area contributed by atoms with Crippen LogP contribution < -0.4 is 10.6 Å². The molecule has 1 atom stereocenters. The first-order chi connectivity index (χ1) is 15.5. The van der Waals surface area contributed by atoms with Crippen molar-refractivity contribution in [3.63, 3.8) is 0 Å². The summed E-state index contributed by atoms with van der Waals surface area (Å²) in [6.45, 7) is 2.88. The van der Waals surface area contributed by atoms with Gasteiger partial charge in [-0.15, -0.1) is 0 Å². The Kier molecular flexibility index (Phi) is 5.22. The second-order valence-corrected chi connectivity index (χ2v) is 8.56. The number of hydrogen-bond donors (Lipinski definition) is 4. The van der Waals surface area contributed by atoms with Crippen molar-refractivity contribution in [2.45, 2.75) is 25.4 Å². The monoisotopic (exact) mass is 430 g/mol. The molecule has 4 aliphatic rings. The number of aliphatic imine (C=N–C) groups is 1. The number of carbonyl (C=O) groups excluding carboxylic acids is 1. The van der Waals surface area contributed by atoms with Crippen LogP contribution in [0.4, 0.5) is 5.69 Å². The van der Waals surface area contributed by atoms with Crippen molar-refractivity contribution in [1.29, 1.82) is 10.8 Å². The van der Waals surface area contributed by atoms with Crippen molar-refractivity contribution in [1.82, 2.24) is 10.2 Å². The number of ether oxygens (including phenoxy) is 1. The molecule has 2 aromatic rings. The normalized spacial score (nSPS) is 26.2. The van der Waals surface area contributed by atoms with E-state index in [9.17, 15) is 4.79 Å². The minimum absolute atomic E-state index is 0.110. The SMILES string of the molecule is N=C(NC1N=C(c2ccccc2)c2ccccc2NC1=O)OC(=N)C12CCN(CC1)CC2. The predicted molar refractivity (Wildman–Crippen MR) is 123 cm³/mol. The quantitative estimate of drug-likeness (QED) is 0.443. The molecule has 0 aliphatic carbocycles. The van der Waals surface area contributed by atoms with E-state index < -0.39 is 6.17 Å². The van der Waals surface area contributed by atoms with E-state index in [2.05, 4.69) is 20.5 Å². The van der Waals surface area contributed by atoms with Gasteiger partial charge < -0.3 is 20.3 Å². The lowest BCUT2D eigenvalue weighted by Crippen LogP contribution is -2.53. The molecule has 8 nitrogen and oxygen atoms in total. The van der Waals surface area contributed by atoms with Gasteiger partial charge in [-0.2, -0.15) is 0 Å². The predicted octanol–water partition coefficient (Wildman–Crippen LogP) is 2.81. The van der Waals surface area contributed by atoms with Crippen LogP contribution >= 0.6 is 0 Å². The summed E-state index contributed by atoms with van der Waals surface area (Å²) in [5, 5.41) is 22.5. The summed E-state index contributed by atoms with van der Waals surface area (Å²) in [6.07, 6.45) is 1.56. The molecule has 4 N–H and O–H groups in total. The standard InChI is InChI=1S/C24H26N6O2/c25-22(24-10-13-30(14-11-24)15-12-24)32-23(26)29-20-21(31)27-18-9-5-4-8-17(18)19(28-20)16-6-2-1-3-7-16/h1-9,20,25H,10-15H2,(H2,26,29)(H,27,31). The van der Waals surface area contributed by atoms with Crippen LogP contribution in [-0.4, -0.2) is 54.2 Å². The third kappa shape index (κ3) is 3.78. The summed E-state index contributed by atoms with van der Waals surface area (Å²) in [4.78, 5) is 20.0. The largest absolute Gasteiger partial charge is 0.411 e. The molecule has 0 radical (unpaired) electrons. The minimum Gasteiger partial charge on any atom is -0.411 e. The van der Waals surface area contributed by atoms with Crippen molar-refractivity contribution in [3.8, 4) is 0 Å². The molecule has 0 saturated carbocycles. The molecule has 4 heterocycles. The Morgan fingerprint density at radius 1 is 1.03 bits per heavy atom. The molecule has 2 aromatic carbocycles. The Labute approximate surface area is 186 Å². The van der Waals surface area contributed by atoms with Crippen molar-refractivity contribution in [3.05, 3.63) is 65.7 Å². The van der Waals surface area contributed by atoms with Crippen molar-refractivity contribution in [2.75, 3.05) is 25.0 Å². The molecule has 6 rings (SSSR count). The lowest BCUT2D eigenvalue weighted by Gasteiger charge is -2.47. The number of piperidine rings is 3. The number of benzodiazepines with no additional fused rings is 1. The zero-order valence-corrected chi connectivity index (χ0v) is 17.7. The maximum Gasteiger partial charge on any atom is 0.290 e. The number of amidine groups is 1. The van der Waals surface area contributed by atoms with Gasteiger partial charge in [0.2, 0.25) is 6.17 Å². The molecule has 0 spiro atoms. The number of fused-ring (bicyclic) bond motifs is 4. The smallest absolute Gasteiger partial charge is 0.290 e. The van der Waals surface area contributed by atoms with E-state index in [0.29, 0.717) is 11.4 Å². The maximum absolute atomic E-state index is 12.9. The van der Waals surface area contributed by atoms with Gasteiger partial charge in [-0.1, -0.05) is 48.5 Å². The van der Waals surface area contributed by atoms with Gasteiger partial charge in [0, 0.05) is 11.1 Å². The summed E-state index contributed by atoms with van der Waals surface area (Å²) in [7, 11) is 0. The van der Waals surface area contributed by atoms with Gasteiger partial charge in [0.1, 0.15) is 0 Å². The van der Waals surface area contributed by atoms with Gasteiger partial charge in [-0.25, -0.2) is 4.99 Å². The van der Waals surface area contributed by atoms with Gasteiger partial charge in [0.25, 0.3) is 11.9 Å². The lowest BCUT2D eigenvalue weighted by atomic mass is 9.72. The molecule has 8 heteroatoms. The van der Waals surface area contributed by atoms with Crippen molar-refractivity contribution < 1.29 is 9.53 Å². The van der Waals surface area contributed by atoms with Gasteiger partial charge >= 0.3 is 0 Å². The molecule has 0 aromatic heterocycles. The average molecular weight is 431 g/mol. The van der Waals surface area contributed by atoms with Crippen LogP contribution in [0.15, 0.2) is 59.6 Å². The fourth-order valence-electron chi connectivity index (χ4n) is 4.71. The van der Waals surface area contributed by atoms with E-state index in [-0.39, 0.29) is 23.2 Å². The van der Waals surface area contributed by atoms with E-state index in [1.807, 2.05) is 54.6 Å². The highest BCUT2D eigenvalue weighted by Gasteiger charge is 2.44. The van der Waals surface area contributed by atoms with E-state index >= 15 is 0 Å². The molecule has 3 saturated heterocycles. The van der Waals surface area contributed by atoms with Crippen LogP contribution in [0.5, 0.6) is 0 Å². The highest BCUT2D eigenvalue weighted by molar-refractivity contribution is 6.19. The van der Waals surface area contributed by atoms with E-state index in [0.717, 1.165) is 50.0 Å². The zero-order chi connectivity index (χ0) is 22.1. The van der Waals surface area contributed by atoms with Crippen LogP contribution in [0, 0.1) is 16.2 Å². The van der Waals surface area contributed by atoms with Gasteiger partial charge in [-0.05, 0) is 45.0 Å². The summed E-state index contributed by atoms with van der Waals surface area (Å²) in [5.74, 6) is -0.272. The third-order valence-corrected chi connectivity index (χ3v) is 6.67. The molecule has 4 aliphatic heterocycles. The zero-order valence-electron chi connectivity index (χ0n) is 17.7. The molecule has 164 valence electrons. The number of nitrogens with zero attached hydrogens (tertiary/aromatic N) is 2. The van der Waals surface area contributed by atoms with E-state index in [1.54, 1.807) is 0 Å². The molecular formula is C24H26N6O2. The van der Waals surface area contributed by atoms with Crippen LogP contribution in [-0.2, 0) is 9.53 Å². The first kappa shape index (κ1) is 20.4. The molecule has 1 unspecified atom stereocenters. The Hall–Kier alpha value is -3.52. The first-order valence-electron chi connectivity index (χ1n) is 10.9. The van der Waals surface area contributed by atoms with E-state index in [1.165, 1.54) is 0 Å². The number of hydrogen-bond acceptors (Lipinski definition) is 6. The maximum atomic E-state index is 12.9. The number of rotatable bonds is 3. The average Bonchev–Trinajstić information content (AvgIpc) is 2.97. The van der Waals surface area contributed by atoms with Crippen LogP contribution in [0.2, 0.25) is 0 Å². The Morgan fingerprint density at radius 3 is 2.41 bits per heavy atom. The fourth-order valence-corrected chi connectivity index (χ4v) is 4.71. The highest BCUT2D eigenvalue weighted by Crippen LogP contribution is 2.41. The molecular weight excluding hydrogens is 404 g/mol. The fraction of sp³-hybridized carbons (Fsp3) is 0.333. The second-order valence-electron chi connectivity index (χ2n) is 8.56. The van der Waals surface area contributed by atoms with Crippen LogP contribution in [0.1, 0.15) is 30.4 Å². The summed E-state index contributed by atoms with van der Waals surface area (Å²) in [6, 6.07) is 16.8. The summed E-state index contributed by atoms with van der Waals surface area (Å²) < 4.78 is 5.61. The topological polar surface area (TPSA) is 114 Å². The van der Waals surface area contributed by atoms with Crippen LogP contribution in [0.3, 0.4) is 0 Å². The Balaban J connectivity index is 1.37. The van der Waals surface area contributed by atoms with Crippen LogP contribution in [0.25, 0.3) is 0 Å². The third-order valence-electron chi connectivity index (χ3n) is 6.67. The summed E-state index contributed by atoms with van der Waals surface area (Å²) in [5.41, 5.74) is 2.69. The first-order valence-corrected chi connectivity index (χ1v) is 10.9. The number of para-hydroxylation sites is 1. The second kappa shape index (κ2) is 8.20. The number of nitrogens with one attached hydrogen (secondary N) is 4. The lowest BCUT2D eigenvalue weighted by molar-refractivity contribution is -0.117. The minimum atomic E-state index is -1.05. The molecule has 1 amide bonds. The van der Waals surface area contributed by atoms with E-state index in [4.69, 9.17) is 15.6 Å². The van der Waals surface area contributed by atoms with Gasteiger partial charge in [-0.3, -0.25) is 15.6 Å². The van der Waals surface area contributed by atoms with Crippen molar-refractivity contribution in [2.24, 2.45) is 10.4 Å². The molecule has 2 bridgehead atoms.